The van der Waals surface area contributed by atoms with Gasteiger partial charge in [-0.25, -0.2) is 0 Å². The Kier molecular flexibility index (Phi) is 5.23. The second-order valence-corrected chi connectivity index (χ2v) is 5.15. The molecule has 5 nitrogen and oxygen atoms in total. The molecule has 0 aliphatic carbocycles. The molecular formula is C15H23NO4. The first-order chi connectivity index (χ1) is 9.60. The first-order valence-electron chi connectivity index (χ1n) is 6.89. The summed E-state index contributed by atoms with van der Waals surface area (Å²) in [7, 11) is 3.67. The summed E-state index contributed by atoms with van der Waals surface area (Å²) >= 11 is 0. The Labute approximate surface area is 120 Å². The number of rotatable bonds is 5. The van der Waals surface area contributed by atoms with Crippen molar-refractivity contribution in [2.75, 3.05) is 40.5 Å². The van der Waals surface area contributed by atoms with Crippen LogP contribution in [0.3, 0.4) is 0 Å². The maximum Gasteiger partial charge on any atom is 0.161 e. The monoisotopic (exact) mass is 281 g/mol. The second-order valence-electron chi connectivity index (χ2n) is 5.15. The van der Waals surface area contributed by atoms with E-state index in [1.54, 1.807) is 20.1 Å². The van der Waals surface area contributed by atoms with Crippen LogP contribution in [-0.2, 0) is 4.74 Å². The Morgan fingerprint density at radius 1 is 1.45 bits per heavy atom. The van der Waals surface area contributed by atoms with Gasteiger partial charge in [0.1, 0.15) is 12.7 Å². The summed E-state index contributed by atoms with van der Waals surface area (Å²) in [6.45, 7) is 4.79. The van der Waals surface area contributed by atoms with Crippen LogP contribution in [0, 0.1) is 0 Å². The molecule has 0 bridgehead atoms. The molecule has 112 valence electrons. The molecule has 1 fully saturated rings. The van der Waals surface area contributed by atoms with Crippen LogP contribution in [0.1, 0.15) is 18.6 Å². The number of benzene rings is 1. The molecule has 1 N–H and O–H groups in total. The molecule has 1 aromatic carbocycles. The molecule has 1 aromatic rings. The van der Waals surface area contributed by atoms with Crippen molar-refractivity contribution in [1.82, 2.24) is 4.90 Å². The minimum absolute atomic E-state index is 0.0786. The maximum atomic E-state index is 9.58. The van der Waals surface area contributed by atoms with Gasteiger partial charge >= 0.3 is 0 Å². The molecule has 1 saturated heterocycles. The van der Waals surface area contributed by atoms with Gasteiger partial charge in [-0.1, -0.05) is 6.07 Å². The summed E-state index contributed by atoms with van der Waals surface area (Å²) < 4.78 is 16.8. The summed E-state index contributed by atoms with van der Waals surface area (Å²) in [6, 6.07) is 5.47. The van der Waals surface area contributed by atoms with Gasteiger partial charge in [0.25, 0.3) is 0 Å². The lowest BCUT2D eigenvalue weighted by atomic mass is 10.1. The van der Waals surface area contributed by atoms with Gasteiger partial charge in [-0.15, -0.1) is 0 Å². The average molecular weight is 281 g/mol. The molecule has 0 aromatic heterocycles. The summed E-state index contributed by atoms with van der Waals surface area (Å²) in [5, 5.41) is 9.58. The minimum Gasteiger partial charge on any atom is -0.493 e. The topological polar surface area (TPSA) is 51.2 Å². The van der Waals surface area contributed by atoms with E-state index in [4.69, 9.17) is 14.2 Å². The Morgan fingerprint density at radius 2 is 2.25 bits per heavy atom. The molecule has 5 heteroatoms. The lowest BCUT2D eigenvalue weighted by Gasteiger charge is -2.30. The van der Waals surface area contributed by atoms with Gasteiger partial charge in [-0.2, -0.15) is 0 Å². The van der Waals surface area contributed by atoms with E-state index in [0.717, 1.165) is 25.3 Å². The van der Waals surface area contributed by atoms with Crippen molar-refractivity contribution < 1.29 is 19.3 Å². The Bertz CT molecular complexity index is 436. The van der Waals surface area contributed by atoms with Crippen LogP contribution in [0.2, 0.25) is 0 Å². The highest BCUT2D eigenvalue weighted by Crippen LogP contribution is 2.30. The van der Waals surface area contributed by atoms with E-state index in [1.807, 2.05) is 12.1 Å². The van der Waals surface area contributed by atoms with Gasteiger partial charge in [0.15, 0.2) is 11.5 Å². The number of ether oxygens (including phenoxy) is 3. The lowest BCUT2D eigenvalue weighted by molar-refractivity contribution is -0.0406. The zero-order valence-corrected chi connectivity index (χ0v) is 12.3. The highest BCUT2D eigenvalue weighted by atomic mass is 16.5. The fourth-order valence-corrected chi connectivity index (χ4v) is 2.21. The number of hydrogen-bond acceptors (Lipinski definition) is 5. The second kappa shape index (κ2) is 6.92. The summed E-state index contributed by atoms with van der Waals surface area (Å²) in [6.07, 6.45) is -0.442. The molecule has 0 radical (unpaired) electrons. The third-order valence-corrected chi connectivity index (χ3v) is 3.44. The Morgan fingerprint density at radius 3 is 2.90 bits per heavy atom. The van der Waals surface area contributed by atoms with E-state index in [2.05, 4.69) is 11.9 Å². The first kappa shape index (κ1) is 15.1. The van der Waals surface area contributed by atoms with Gasteiger partial charge in [0.2, 0.25) is 0 Å². The fraction of sp³-hybridized carbons (Fsp3) is 0.600. The van der Waals surface area contributed by atoms with Crippen LogP contribution >= 0.6 is 0 Å². The molecule has 1 heterocycles. The van der Waals surface area contributed by atoms with Crippen molar-refractivity contribution in [1.29, 1.82) is 0 Å². The zero-order valence-electron chi connectivity index (χ0n) is 12.3. The number of likely N-dealkylation sites (N-methyl/N-ethyl adjacent to an activating group) is 1. The normalized spacial score (nSPS) is 21.5. The summed E-state index contributed by atoms with van der Waals surface area (Å²) in [5.41, 5.74) is 0.808. The molecule has 2 atom stereocenters. The lowest BCUT2D eigenvalue weighted by Crippen LogP contribution is -2.42. The third-order valence-electron chi connectivity index (χ3n) is 3.44. The number of aliphatic hydroxyl groups excluding tert-OH is 1. The van der Waals surface area contributed by atoms with Crippen molar-refractivity contribution in [2.24, 2.45) is 0 Å². The Hall–Kier alpha value is -1.30. The van der Waals surface area contributed by atoms with Crippen molar-refractivity contribution in [3.63, 3.8) is 0 Å². The number of morpholine rings is 1. The number of aliphatic hydroxyl groups is 1. The standard InChI is InChI=1S/C15H23NO4/c1-11(17)12-4-5-14(15(8-12)18-3)20-10-13-9-16(2)6-7-19-13/h4-5,8,11,13,17H,6-7,9-10H2,1-3H3/t11-,13?/m0/s1. The molecule has 1 unspecified atom stereocenters. The van der Waals surface area contributed by atoms with Crippen LogP contribution in [0.4, 0.5) is 0 Å². The largest absolute Gasteiger partial charge is 0.493 e. The van der Waals surface area contributed by atoms with Gasteiger partial charge in [-0.05, 0) is 31.7 Å². The van der Waals surface area contributed by atoms with Crippen molar-refractivity contribution in [2.45, 2.75) is 19.1 Å². The Balaban J connectivity index is 1.98. The van der Waals surface area contributed by atoms with Gasteiger partial charge in [0.05, 0.1) is 19.8 Å². The van der Waals surface area contributed by atoms with E-state index in [-0.39, 0.29) is 6.10 Å². The van der Waals surface area contributed by atoms with Gasteiger partial charge in [0, 0.05) is 13.1 Å². The highest BCUT2D eigenvalue weighted by Gasteiger charge is 2.19. The molecular weight excluding hydrogens is 258 g/mol. The van der Waals surface area contributed by atoms with Gasteiger partial charge in [-0.3, -0.25) is 0 Å². The predicted molar refractivity (Wildman–Crippen MR) is 76.4 cm³/mol. The van der Waals surface area contributed by atoms with E-state index in [1.165, 1.54) is 0 Å². The third kappa shape index (κ3) is 3.85. The van der Waals surface area contributed by atoms with E-state index >= 15 is 0 Å². The molecule has 1 aliphatic rings. The SMILES string of the molecule is COc1cc([C@H](C)O)ccc1OCC1CN(C)CCO1. The molecule has 20 heavy (non-hydrogen) atoms. The highest BCUT2D eigenvalue weighted by molar-refractivity contribution is 5.43. The summed E-state index contributed by atoms with van der Waals surface area (Å²) in [5.74, 6) is 1.31. The van der Waals surface area contributed by atoms with Crippen molar-refractivity contribution in [3.05, 3.63) is 23.8 Å². The smallest absolute Gasteiger partial charge is 0.161 e. The molecule has 0 saturated carbocycles. The summed E-state index contributed by atoms with van der Waals surface area (Å²) in [4.78, 5) is 2.23. The molecule has 1 aliphatic heterocycles. The van der Waals surface area contributed by atoms with E-state index in [0.29, 0.717) is 18.1 Å². The molecule has 2 rings (SSSR count). The number of hydrogen-bond donors (Lipinski definition) is 1. The van der Waals surface area contributed by atoms with Crippen LogP contribution in [0.25, 0.3) is 0 Å². The minimum atomic E-state index is -0.520. The quantitative estimate of drug-likeness (QED) is 0.885. The maximum absolute atomic E-state index is 9.58. The van der Waals surface area contributed by atoms with Crippen LogP contribution in [0.15, 0.2) is 18.2 Å². The van der Waals surface area contributed by atoms with E-state index < -0.39 is 6.10 Å². The van der Waals surface area contributed by atoms with Gasteiger partial charge < -0.3 is 24.2 Å². The van der Waals surface area contributed by atoms with Crippen molar-refractivity contribution >= 4 is 0 Å². The molecule has 0 amide bonds. The van der Waals surface area contributed by atoms with E-state index in [9.17, 15) is 5.11 Å². The average Bonchev–Trinajstić information content (AvgIpc) is 2.45. The van der Waals surface area contributed by atoms with Crippen molar-refractivity contribution in [3.8, 4) is 11.5 Å². The fourth-order valence-electron chi connectivity index (χ4n) is 2.21. The van der Waals surface area contributed by atoms with Crippen LogP contribution in [-0.4, -0.2) is 56.6 Å². The van der Waals surface area contributed by atoms with Crippen LogP contribution < -0.4 is 9.47 Å². The first-order valence-corrected chi connectivity index (χ1v) is 6.89. The van der Waals surface area contributed by atoms with Crippen LogP contribution in [0.5, 0.6) is 11.5 Å². The number of methoxy groups -OCH3 is 1. The number of nitrogens with zero attached hydrogens (tertiary/aromatic N) is 1. The zero-order chi connectivity index (χ0) is 14.5. The predicted octanol–water partition coefficient (Wildman–Crippen LogP) is 1.46. The molecule has 0 spiro atoms.